The minimum atomic E-state index is 0.886. The topological polar surface area (TPSA) is 26.0 Å². The zero-order valence-corrected chi connectivity index (χ0v) is 10.5. The van der Waals surface area contributed by atoms with Gasteiger partial charge < -0.3 is 5.73 Å². The van der Waals surface area contributed by atoms with Crippen molar-refractivity contribution in [2.24, 2.45) is 0 Å². The number of hydrogen-bond donors (Lipinski definition) is 1. The summed E-state index contributed by atoms with van der Waals surface area (Å²) in [7, 11) is 0. The predicted octanol–water partition coefficient (Wildman–Crippen LogP) is 4.42. The molecule has 1 aromatic carbocycles. The third kappa shape index (κ3) is 2.75. The van der Waals surface area contributed by atoms with Gasteiger partial charge in [0.1, 0.15) is 0 Å². The summed E-state index contributed by atoms with van der Waals surface area (Å²) >= 11 is 0. The van der Waals surface area contributed by atoms with Gasteiger partial charge in [0.05, 0.1) is 0 Å². The van der Waals surface area contributed by atoms with E-state index in [1.165, 1.54) is 16.7 Å². The van der Waals surface area contributed by atoms with Crippen LogP contribution in [0.3, 0.4) is 0 Å². The second-order valence-electron chi connectivity index (χ2n) is 3.69. The van der Waals surface area contributed by atoms with E-state index < -0.39 is 0 Å². The van der Waals surface area contributed by atoms with Gasteiger partial charge in [-0.3, -0.25) is 0 Å². The minimum Gasteiger partial charge on any atom is -0.398 e. The molecule has 0 spiro atoms. The number of nitrogen functional groups attached to an aromatic ring is 1. The van der Waals surface area contributed by atoms with E-state index in [1.54, 1.807) is 0 Å². The van der Waals surface area contributed by atoms with Crippen LogP contribution in [0.2, 0.25) is 0 Å². The van der Waals surface area contributed by atoms with Crippen molar-refractivity contribution in [3.8, 4) is 0 Å². The molecule has 0 unspecified atom stereocenters. The van der Waals surface area contributed by atoms with Crippen molar-refractivity contribution < 1.29 is 0 Å². The van der Waals surface area contributed by atoms with E-state index in [0.29, 0.717) is 0 Å². The summed E-state index contributed by atoms with van der Waals surface area (Å²) in [5.41, 5.74) is 10.8. The minimum absolute atomic E-state index is 0.886. The van der Waals surface area contributed by atoms with Crippen molar-refractivity contribution in [1.29, 1.82) is 0 Å². The summed E-state index contributed by atoms with van der Waals surface area (Å²) in [6.45, 7) is 6.15. The van der Waals surface area contributed by atoms with E-state index in [2.05, 4.69) is 25.1 Å². The molecule has 0 radical (unpaired) electrons. The van der Waals surface area contributed by atoms with E-state index in [9.17, 15) is 0 Å². The number of anilines is 1. The zero-order chi connectivity index (χ0) is 12.0. The van der Waals surface area contributed by atoms with E-state index in [4.69, 9.17) is 5.73 Å². The van der Waals surface area contributed by atoms with Gasteiger partial charge in [-0.25, -0.2) is 0 Å². The summed E-state index contributed by atoms with van der Waals surface area (Å²) in [4.78, 5) is 0. The highest BCUT2D eigenvalue weighted by Gasteiger charge is 2.09. The number of rotatable bonds is 1. The molecule has 86 valence electrons. The highest BCUT2D eigenvalue weighted by atomic mass is 14.6. The predicted molar refractivity (Wildman–Crippen MR) is 73.2 cm³/mol. The lowest BCUT2D eigenvalue weighted by molar-refractivity contribution is 1.04. The van der Waals surface area contributed by atoms with Crippen LogP contribution in [-0.2, 0) is 0 Å². The molecule has 0 saturated carbocycles. The lowest BCUT2D eigenvalue weighted by Crippen LogP contribution is -1.97. The Balaban J connectivity index is 0.000000606. The zero-order valence-electron chi connectivity index (χ0n) is 10.5. The summed E-state index contributed by atoms with van der Waals surface area (Å²) in [5.74, 6) is 0. The number of para-hydroxylation sites is 1. The summed E-state index contributed by atoms with van der Waals surface area (Å²) in [5, 5.41) is 0. The monoisotopic (exact) mass is 215 g/mol. The molecule has 0 amide bonds. The van der Waals surface area contributed by atoms with Gasteiger partial charge in [-0.05, 0) is 37.0 Å². The molecule has 16 heavy (non-hydrogen) atoms. The molecule has 0 fully saturated rings. The maximum atomic E-state index is 5.96. The Morgan fingerprint density at radius 1 is 1.12 bits per heavy atom. The third-order valence-electron chi connectivity index (χ3n) is 2.69. The SMILES string of the molecule is CC.CC1=C(c2ccccc2N)CCC=C1. The summed E-state index contributed by atoms with van der Waals surface area (Å²) in [6, 6.07) is 8.10. The van der Waals surface area contributed by atoms with Crippen LogP contribution < -0.4 is 5.73 Å². The van der Waals surface area contributed by atoms with Crippen molar-refractivity contribution in [3.05, 3.63) is 47.6 Å². The van der Waals surface area contributed by atoms with Crippen LogP contribution in [0.4, 0.5) is 5.69 Å². The van der Waals surface area contributed by atoms with Crippen LogP contribution in [0.5, 0.6) is 0 Å². The molecular weight excluding hydrogens is 194 g/mol. The lowest BCUT2D eigenvalue weighted by Gasteiger charge is -2.15. The molecule has 1 aliphatic carbocycles. The maximum absolute atomic E-state index is 5.96. The van der Waals surface area contributed by atoms with Gasteiger partial charge in [0.15, 0.2) is 0 Å². The second kappa shape index (κ2) is 6.16. The van der Waals surface area contributed by atoms with Gasteiger partial charge in [-0.2, -0.15) is 0 Å². The first-order valence-corrected chi connectivity index (χ1v) is 6.00. The van der Waals surface area contributed by atoms with Crippen LogP contribution in [-0.4, -0.2) is 0 Å². The Kier molecular flexibility index (Phi) is 4.84. The van der Waals surface area contributed by atoms with E-state index in [0.717, 1.165) is 18.5 Å². The van der Waals surface area contributed by atoms with E-state index in [-0.39, 0.29) is 0 Å². The van der Waals surface area contributed by atoms with Crippen LogP contribution in [0.15, 0.2) is 42.0 Å². The van der Waals surface area contributed by atoms with E-state index in [1.807, 2.05) is 32.0 Å². The number of benzene rings is 1. The normalized spacial score (nSPS) is 14.4. The molecule has 2 N–H and O–H groups in total. The average Bonchev–Trinajstić information content (AvgIpc) is 2.34. The molecule has 0 saturated heterocycles. The van der Waals surface area contributed by atoms with Crippen molar-refractivity contribution in [3.63, 3.8) is 0 Å². The summed E-state index contributed by atoms with van der Waals surface area (Å²) < 4.78 is 0. The van der Waals surface area contributed by atoms with Crippen LogP contribution in [0, 0.1) is 0 Å². The molecule has 1 aliphatic rings. The Bertz CT molecular complexity index is 400. The fourth-order valence-corrected chi connectivity index (χ4v) is 1.90. The molecule has 0 aromatic heterocycles. The highest BCUT2D eigenvalue weighted by Crippen LogP contribution is 2.31. The first-order chi connectivity index (χ1) is 7.79. The Hall–Kier alpha value is -1.50. The lowest BCUT2D eigenvalue weighted by atomic mass is 9.91. The standard InChI is InChI=1S/C13H15N.C2H6/c1-10-6-2-3-7-11(10)12-8-4-5-9-13(12)14;1-2/h2,4-6,8-9H,3,7,14H2,1H3;1-2H3. The summed E-state index contributed by atoms with van der Waals surface area (Å²) in [6.07, 6.45) is 6.64. The van der Waals surface area contributed by atoms with Gasteiger partial charge >= 0.3 is 0 Å². The first kappa shape index (κ1) is 12.6. The Labute approximate surface area is 98.7 Å². The van der Waals surface area contributed by atoms with Crippen LogP contribution in [0.25, 0.3) is 5.57 Å². The fourth-order valence-electron chi connectivity index (χ4n) is 1.90. The van der Waals surface area contributed by atoms with Crippen molar-refractivity contribution in [1.82, 2.24) is 0 Å². The molecule has 0 atom stereocenters. The molecular formula is C15H21N. The van der Waals surface area contributed by atoms with E-state index >= 15 is 0 Å². The number of hydrogen-bond acceptors (Lipinski definition) is 1. The Morgan fingerprint density at radius 3 is 2.44 bits per heavy atom. The van der Waals surface area contributed by atoms with Crippen molar-refractivity contribution >= 4 is 11.3 Å². The third-order valence-corrected chi connectivity index (χ3v) is 2.69. The molecule has 1 aromatic rings. The van der Waals surface area contributed by atoms with Crippen LogP contribution in [0.1, 0.15) is 39.2 Å². The molecule has 1 nitrogen and oxygen atoms in total. The van der Waals surface area contributed by atoms with Crippen molar-refractivity contribution in [2.45, 2.75) is 33.6 Å². The molecule has 1 heteroatoms. The smallest absolute Gasteiger partial charge is 0.0390 e. The molecule has 0 bridgehead atoms. The molecule has 0 aliphatic heterocycles. The second-order valence-corrected chi connectivity index (χ2v) is 3.69. The molecule has 2 rings (SSSR count). The van der Waals surface area contributed by atoms with Gasteiger partial charge in [0, 0.05) is 11.3 Å². The average molecular weight is 215 g/mol. The highest BCUT2D eigenvalue weighted by molar-refractivity contribution is 5.78. The number of allylic oxidation sites excluding steroid dienone is 4. The van der Waals surface area contributed by atoms with Crippen molar-refractivity contribution in [2.75, 3.05) is 5.73 Å². The first-order valence-electron chi connectivity index (χ1n) is 6.00. The van der Waals surface area contributed by atoms with Gasteiger partial charge in [0.25, 0.3) is 0 Å². The van der Waals surface area contributed by atoms with Crippen LogP contribution >= 0.6 is 0 Å². The quantitative estimate of drug-likeness (QED) is 0.689. The molecule has 0 heterocycles. The number of nitrogens with two attached hydrogens (primary N) is 1. The maximum Gasteiger partial charge on any atom is 0.0390 e. The Morgan fingerprint density at radius 2 is 1.81 bits per heavy atom. The van der Waals surface area contributed by atoms with Gasteiger partial charge in [-0.1, -0.05) is 44.2 Å². The fraction of sp³-hybridized carbons (Fsp3) is 0.333. The van der Waals surface area contributed by atoms with Gasteiger partial charge in [-0.15, -0.1) is 0 Å². The van der Waals surface area contributed by atoms with Gasteiger partial charge in [0.2, 0.25) is 0 Å². The largest absolute Gasteiger partial charge is 0.398 e.